The summed E-state index contributed by atoms with van der Waals surface area (Å²) in [5.74, 6) is 1.50. The summed E-state index contributed by atoms with van der Waals surface area (Å²) in [6, 6.07) is 17.1. The molecule has 0 unspecified atom stereocenters. The summed E-state index contributed by atoms with van der Waals surface area (Å²) in [5.41, 5.74) is 0. The second-order valence-corrected chi connectivity index (χ2v) is 8.64. The molecule has 0 fully saturated rings. The van der Waals surface area contributed by atoms with E-state index in [-0.39, 0.29) is 120 Å². The van der Waals surface area contributed by atoms with Crippen molar-refractivity contribution in [2.45, 2.75) is 0 Å². The minimum atomic E-state index is 0. The fraction of sp³-hybridized carbons (Fsp3) is 0.167. The molecule has 15 heteroatoms. The van der Waals surface area contributed by atoms with Crippen LogP contribution in [0.4, 0.5) is 0 Å². The van der Waals surface area contributed by atoms with Gasteiger partial charge in [-0.3, -0.25) is 0 Å². The number of aromatic hydroxyl groups is 5. The molecule has 250 valence electrons. The first-order chi connectivity index (χ1) is 18.9. The maximum atomic E-state index is 8.79. The van der Waals surface area contributed by atoms with Gasteiger partial charge in [-0.2, -0.15) is 0 Å². The fourth-order valence-electron chi connectivity index (χ4n) is 2.86. The SMILES string of the molecule is C[n+]1cccc(O)c1.C[n+]1cccc(O)c1.C[n+]1cccc(O)c1.C[n+]1cccc(O)c1.C[n+]1cccc(O)c1.[I-].[I-].[I-].[I-].[I-]. The van der Waals surface area contributed by atoms with Gasteiger partial charge in [0.05, 0.1) is 0 Å². The van der Waals surface area contributed by atoms with Gasteiger partial charge in [-0.15, -0.1) is 0 Å². The Labute approximate surface area is 350 Å². The van der Waals surface area contributed by atoms with Crippen LogP contribution >= 0.6 is 0 Å². The van der Waals surface area contributed by atoms with Crippen LogP contribution in [0.15, 0.2) is 123 Å². The Morgan fingerprint density at radius 1 is 0.311 bits per heavy atom. The quantitative estimate of drug-likeness (QED) is 0.0781. The highest BCUT2D eigenvalue weighted by atomic mass is 127. The Balaban J connectivity index is -0.000000144. The van der Waals surface area contributed by atoms with Gasteiger partial charge < -0.3 is 145 Å². The van der Waals surface area contributed by atoms with Gasteiger partial charge in [0.25, 0.3) is 0 Å². The third-order valence-corrected chi connectivity index (χ3v) is 4.62. The molecule has 0 aliphatic heterocycles. The van der Waals surface area contributed by atoms with Crippen molar-refractivity contribution < 1.29 is 168 Å². The van der Waals surface area contributed by atoms with Crippen LogP contribution in [0.3, 0.4) is 0 Å². The molecule has 5 N–H and O–H groups in total. The highest BCUT2D eigenvalue weighted by Gasteiger charge is 1.92. The number of hydrogen-bond acceptors (Lipinski definition) is 5. The van der Waals surface area contributed by atoms with Crippen molar-refractivity contribution in [1.29, 1.82) is 0 Å². The maximum absolute atomic E-state index is 8.79. The summed E-state index contributed by atoms with van der Waals surface area (Å²) in [4.78, 5) is 0. The third-order valence-electron chi connectivity index (χ3n) is 4.62. The first-order valence-electron chi connectivity index (χ1n) is 12.2. The van der Waals surface area contributed by atoms with Crippen molar-refractivity contribution in [3.05, 3.63) is 123 Å². The van der Waals surface area contributed by atoms with Crippen molar-refractivity contribution in [2.24, 2.45) is 35.2 Å². The monoisotopic (exact) mass is 1180 g/mol. The van der Waals surface area contributed by atoms with Gasteiger partial charge in [0.1, 0.15) is 35.2 Å². The standard InChI is InChI=1S/5C6H7NO.5HI/c5*1-7-4-2-3-6(8)5-7;;;;;/h5*2-5H,1H3;5*1H. The van der Waals surface area contributed by atoms with Crippen LogP contribution in [0.25, 0.3) is 0 Å². The van der Waals surface area contributed by atoms with Crippen molar-refractivity contribution in [3.8, 4) is 28.7 Å². The lowest BCUT2D eigenvalue weighted by atomic mass is 10.5. The molecule has 0 amide bonds. The second-order valence-electron chi connectivity index (χ2n) is 8.64. The van der Waals surface area contributed by atoms with Gasteiger partial charge in [-0.1, -0.05) is 0 Å². The van der Waals surface area contributed by atoms with Crippen LogP contribution in [-0.2, 0) is 35.2 Å². The normalized spacial score (nSPS) is 8.11. The summed E-state index contributed by atoms with van der Waals surface area (Å²) in [6.07, 6.45) is 17.5. The van der Waals surface area contributed by atoms with Crippen molar-refractivity contribution in [3.63, 3.8) is 0 Å². The number of rotatable bonds is 0. The smallest absolute Gasteiger partial charge is 0.210 e. The molecule has 5 heterocycles. The molecule has 0 radical (unpaired) electrons. The molecule has 5 aromatic rings. The second kappa shape index (κ2) is 31.0. The molecule has 0 aliphatic carbocycles. The van der Waals surface area contributed by atoms with Crippen LogP contribution in [0, 0.1) is 0 Å². The average molecular weight is 1190 g/mol. The number of hydrogen-bond donors (Lipinski definition) is 5. The van der Waals surface area contributed by atoms with Gasteiger partial charge in [0.15, 0.2) is 59.7 Å². The zero-order chi connectivity index (χ0) is 29.9. The largest absolute Gasteiger partial charge is 1.00 e. The molecule has 0 saturated heterocycles. The van der Waals surface area contributed by atoms with Crippen LogP contribution in [0.1, 0.15) is 0 Å². The van der Waals surface area contributed by atoms with Crippen molar-refractivity contribution in [2.75, 3.05) is 0 Å². The zero-order valence-corrected chi connectivity index (χ0v) is 36.2. The van der Waals surface area contributed by atoms with Crippen molar-refractivity contribution >= 4 is 0 Å². The third kappa shape index (κ3) is 29.5. The molecular weight excluding hydrogens is 1140 g/mol. The Morgan fingerprint density at radius 3 is 0.511 bits per heavy atom. The summed E-state index contributed by atoms with van der Waals surface area (Å²) in [6.45, 7) is 0. The van der Waals surface area contributed by atoms with Gasteiger partial charge in [-0.25, -0.2) is 22.8 Å². The first-order valence-corrected chi connectivity index (χ1v) is 12.2. The lowest BCUT2D eigenvalue weighted by Gasteiger charge is -1.84. The molecule has 0 saturated carbocycles. The van der Waals surface area contributed by atoms with Crippen LogP contribution in [0.5, 0.6) is 28.7 Å². The molecule has 5 aromatic heterocycles. The number of halogens is 5. The summed E-state index contributed by atoms with van der Waals surface area (Å²) < 4.78 is 8.94. The van der Waals surface area contributed by atoms with E-state index in [1.54, 1.807) is 114 Å². The molecule has 0 spiro atoms. The fourth-order valence-corrected chi connectivity index (χ4v) is 2.86. The predicted molar refractivity (Wildman–Crippen MR) is 146 cm³/mol. The molecule has 0 atom stereocenters. The predicted octanol–water partition coefficient (Wildman–Crippen LogP) is -13.9. The lowest BCUT2D eigenvalue weighted by Crippen LogP contribution is -3.00. The number of aryl methyl sites for hydroxylation is 5. The Bertz CT molecular complexity index is 1120. The topological polar surface area (TPSA) is 121 Å². The van der Waals surface area contributed by atoms with Crippen LogP contribution in [0.2, 0.25) is 0 Å². The van der Waals surface area contributed by atoms with E-state index in [0.717, 1.165) is 0 Å². The van der Waals surface area contributed by atoms with Gasteiger partial charge in [0, 0.05) is 30.3 Å². The molecular formula is C30H40I5N5O5. The van der Waals surface area contributed by atoms with Gasteiger partial charge >= 0.3 is 0 Å². The summed E-state index contributed by atoms with van der Waals surface area (Å²) in [7, 11) is 9.30. The van der Waals surface area contributed by atoms with Gasteiger partial charge in [-0.05, 0) is 30.3 Å². The molecule has 10 nitrogen and oxygen atoms in total. The Kier molecular flexibility index (Phi) is 36.5. The first kappa shape index (κ1) is 52.9. The van der Waals surface area contributed by atoms with E-state index in [2.05, 4.69) is 0 Å². The van der Waals surface area contributed by atoms with E-state index < -0.39 is 0 Å². The molecule has 0 aliphatic rings. The average Bonchev–Trinajstić information content (AvgIpc) is 2.85. The van der Waals surface area contributed by atoms with Crippen molar-refractivity contribution in [1.82, 2.24) is 0 Å². The highest BCUT2D eigenvalue weighted by Crippen LogP contribution is 2.01. The molecule has 45 heavy (non-hydrogen) atoms. The van der Waals surface area contributed by atoms with E-state index in [1.807, 2.05) is 66.2 Å². The molecule has 5 rings (SSSR count). The van der Waals surface area contributed by atoms with E-state index in [0.29, 0.717) is 28.7 Å². The summed E-state index contributed by atoms with van der Waals surface area (Å²) >= 11 is 0. The van der Waals surface area contributed by atoms with Gasteiger partial charge in [0.2, 0.25) is 31.0 Å². The lowest BCUT2D eigenvalue weighted by molar-refractivity contribution is -0.671. The van der Waals surface area contributed by atoms with E-state index >= 15 is 0 Å². The highest BCUT2D eigenvalue weighted by molar-refractivity contribution is 5.11. The number of aromatic nitrogens is 5. The summed E-state index contributed by atoms with van der Waals surface area (Å²) in [5, 5.41) is 44.0. The zero-order valence-electron chi connectivity index (χ0n) is 25.4. The van der Waals surface area contributed by atoms with Crippen LogP contribution in [-0.4, -0.2) is 25.5 Å². The van der Waals surface area contributed by atoms with Crippen LogP contribution < -0.4 is 143 Å². The number of nitrogens with zero attached hydrogens (tertiary/aromatic N) is 5. The molecule has 0 bridgehead atoms. The maximum Gasteiger partial charge on any atom is 0.210 e. The Hall–Kier alpha value is -1.60. The van der Waals surface area contributed by atoms with E-state index in [1.165, 1.54) is 0 Å². The van der Waals surface area contributed by atoms with E-state index in [4.69, 9.17) is 25.5 Å². The number of pyridine rings is 5. The minimum absolute atomic E-state index is 0. The minimum Gasteiger partial charge on any atom is -1.00 e. The van der Waals surface area contributed by atoms with E-state index in [9.17, 15) is 0 Å². The molecule has 0 aromatic carbocycles. The Morgan fingerprint density at radius 2 is 0.444 bits per heavy atom.